The molecule has 0 aliphatic rings. The van der Waals surface area contributed by atoms with Gasteiger partial charge in [0.25, 0.3) is 0 Å². The number of aryl methyl sites for hydroxylation is 1. The van der Waals surface area contributed by atoms with E-state index in [-0.39, 0.29) is 12.2 Å². The van der Waals surface area contributed by atoms with Crippen LogP contribution in [0.25, 0.3) is 0 Å². The number of carbonyl (C=O) groups is 1. The van der Waals surface area contributed by atoms with Gasteiger partial charge in [0.15, 0.2) is 5.82 Å². The zero-order valence-electron chi connectivity index (χ0n) is 7.19. The zero-order chi connectivity index (χ0) is 9.14. The number of aromatic nitrogens is 2. The zero-order valence-corrected chi connectivity index (χ0v) is 7.19. The summed E-state index contributed by atoms with van der Waals surface area (Å²) in [6, 6.07) is 0. The molecule has 0 bridgehead atoms. The van der Waals surface area contributed by atoms with Gasteiger partial charge < -0.3 is 9.67 Å². The molecule has 0 saturated heterocycles. The van der Waals surface area contributed by atoms with Gasteiger partial charge in [-0.1, -0.05) is 0 Å². The average Bonchev–Trinajstić information content (AvgIpc) is 2.33. The van der Waals surface area contributed by atoms with E-state index in [1.807, 2.05) is 0 Å². The Morgan fingerprint density at radius 3 is 2.92 bits per heavy atom. The average molecular weight is 168 g/mol. The van der Waals surface area contributed by atoms with Crippen LogP contribution in [0.5, 0.6) is 0 Å². The number of imidazole rings is 1. The summed E-state index contributed by atoms with van der Waals surface area (Å²) >= 11 is 0. The molecule has 0 aliphatic heterocycles. The Morgan fingerprint density at radius 2 is 2.50 bits per heavy atom. The summed E-state index contributed by atoms with van der Waals surface area (Å²) in [7, 11) is 1.75. The fraction of sp³-hybridized carbons (Fsp3) is 0.500. The summed E-state index contributed by atoms with van der Waals surface area (Å²) in [5.74, 6) is 0.272. The molecular weight excluding hydrogens is 156 g/mol. The monoisotopic (exact) mass is 168 g/mol. The summed E-state index contributed by atoms with van der Waals surface area (Å²) in [4.78, 5) is 15.2. The van der Waals surface area contributed by atoms with Crippen molar-refractivity contribution in [2.24, 2.45) is 7.05 Å². The van der Waals surface area contributed by atoms with E-state index in [9.17, 15) is 4.79 Å². The molecule has 0 spiro atoms. The van der Waals surface area contributed by atoms with Gasteiger partial charge in [0.1, 0.15) is 0 Å². The summed E-state index contributed by atoms with van der Waals surface area (Å²) in [6.07, 6.45) is 2.80. The highest BCUT2D eigenvalue weighted by molar-refractivity contribution is 5.93. The Balaban J connectivity index is 2.72. The molecule has 1 atom stereocenters. The molecule has 0 aliphatic carbocycles. The van der Waals surface area contributed by atoms with Gasteiger partial charge in [-0.2, -0.15) is 0 Å². The molecule has 66 valence electrons. The number of hydrogen-bond donors (Lipinski definition) is 1. The first kappa shape index (κ1) is 8.93. The van der Waals surface area contributed by atoms with Crippen LogP contribution in [0.2, 0.25) is 0 Å². The quantitative estimate of drug-likeness (QED) is 0.663. The number of Topliss-reactive ketones (excluding diaryl/α,β-unsaturated/α-hetero) is 1. The molecular formula is C8H12N2O2. The maximum absolute atomic E-state index is 11.3. The van der Waals surface area contributed by atoms with Crippen molar-refractivity contribution in [3.05, 3.63) is 18.2 Å². The van der Waals surface area contributed by atoms with E-state index < -0.39 is 6.10 Å². The van der Waals surface area contributed by atoms with Crippen LogP contribution in [-0.4, -0.2) is 26.5 Å². The van der Waals surface area contributed by atoms with E-state index in [0.29, 0.717) is 5.82 Å². The fourth-order valence-corrected chi connectivity index (χ4v) is 0.994. The van der Waals surface area contributed by atoms with Crippen molar-refractivity contribution in [1.29, 1.82) is 0 Å². The summed E-state index contributed by atoms with van der Waals surface area (Å²) in [6.45, 7) is 1.58. The highest BCUT2D eigenvalue weighted by atomic mass is 16.3. The Kier molecular flexibility index (Phi) is 2.60. The standard InChI is InChI=1S/C8H12N2O2/c1-6(11)5-7(12)8-9-3-4-10(8)2/h3-4,6,11H,5H2,1-2H3. The van der Waals surface area contributed by atoms with E-state index in [1.54, 1.807) is 30.9 Å². The third-order valence-corrected chi connectivity index (χ3v) is 1.55. The number of carbonyl (C=O) groups excluding carboxylic acids is 1. The van der Waals surface area contributed by atoms with Gasteiger partial charge in [-0.25, -0.2) is 4.98 Å². The lowest BCUT2D eigenvalue weighted by Crippen LogP contribution is -2.13. The molecule has 0 fully saturated rings. The Labute approximate surface area is 70.9 Å². The van der Waals surface area contributed by atoms with E-state index in [0.717, 1.165) is 0 Å². The highest BCUT2D eigenvalue weighted by Gasteiger charge is 2.12. The molecule has 12 heavy (non-hydrogen) atoms. The first-order valence-electron chi connectivity index (χ1n) is 3.80. The van der Waals surface area contributed by atoms with E-state index >= 15 is 0 Å². The van der Waals surface area contributed by atoms with Crippen LogP contribution in [0.1, 0.15) is 24.0 Å². The van der Waals surface area contributed by atoms with Crippen LogP contribution < -0.4 is 0 Å². The van der Waals surface area contributed by atoms with E-state index in [2.05, 4.69) is 4.98 Å². The van der Waals surface area contributed by atoms with Gasteiger partial charge in [-0.15, -0.1) is 0 Å². The van der Waals surface area contributed by atoms with Crippen LogP contribution >= 0.6 is 0 Å². The predicted molar refractivity (Wildman–Crippen MR) is 43.8 cm³/mol. The largest absolute Gasteiger partial charge is 0.393 e. The molecule has 1 unspecified atom stereocenters. The van der Waals surface area contributed by atoms with Crippen LogP contribution in [0.4, 0.5) is 0 Å². The molecule has 1 aromatic heterocycles. The Morgan fingerprint density at radius 1 is 1.83 bits per heavy atom. The van der Waals surface area contributed by atoms with Gasteiger partial charge >= 0.3 is 0 Å². The van der Waals surface area contributed by atoms with E-state index in [1.165, 1.54) is 0 Å². The van der Waals surface area contributed by atoms with Crippen molar-refractivity contribution < 1.29 is 9.90 Å². The van der Waals surface area contributed by atoms with Crippen molar-refractivity contribution in [3.63, 3.8) is 0 Å². The van der Waals surface area contributed by atoms with Crippen LogP contribution in [0.15, 0.2) is 12.4 Å². The molecule has 1 rings (SSSR count). The molecule has 0 saturated carbocycles. The predicted octanol–water partition coefficient (Wildman–Crippen LogP) is 0.374. The molecule has 4 nitrogen and oxygen atoms in total. The number of ketones is 1. The van der Waals surface area contributed by atoms with Crippen molar-refractivity contribution in [2.75, 3.05) is 0 Å². The van der Waals surface area contributed by atoms with Crippen molar-refractivity contribution in [2.45, 2.75) is 19.4 Å². The van der Waals surface area contributed by atoms with Crippen LogP contribution in [-0.2, 0) is 7.05 Å². The second-order valence-corrected chi connectivity index (χ2v) is 2.84. The summed E-state index contributed by atoms with van der Waals surface area (Å²) < 4.78 is 1.64. The van der Waals surface area contributed by atoms with Gasteiger partial charge in [0.05, 0.1) is 6.10 Å². The lowest BCUT2D eigenvalue weighted by atomic mass is 10.2. The number of aliphatic hydroxyl groups is 1. The number of nitrogens with zero attached hydrogens (tertiary/aromatic N) is 2. The molecule has 4 heteroatoms. The Bertz CT molecular complexity index is 278. The number of aliphatic hydroxyl groups excluding tert-OH is 1. The minimum absolute atomic E-state index is 0.127. The minimum atomic E-state index is -0.603. The van der Waals surface area contributed by atoms with Crippen LogP contribution in [0.3, 0.4) is 0 Å². The normalized spacial score (nSPS) is 12.9. The SMILES string of the molecule is CC(O)CC(=O)c1nccn1C. The molecule has 0 amide bonds. The van der Waals surface area contributed by atoms with Gasteiger partial charge in [-0.05, 0) is 6.92 Å². The fourth-order valence-electron chi connectivity index (χ4n) is 0.994. The smallest absolute Gasteiger partial charge is 0.200 e. The topological polar surface area (TPSA) is 55.1 Å². The highest BCUT2D eigenvalue weighted by Crippen LogP contribution is 2.01. The molecule has 1 N–H and O–H groups in total. The summed E-state index contributed by atoms with van der Waals surface area (Å²) in [5, 5.41) is 8.95. The third-order valence-electron chi connectivity index (χ3n) is 1.55. The maximum atomic E-state index is 11.3. The Hall–Kier alpha value is -1.16. The van der Waals surface area contributed by atoms with E-state index in [4.69, 9.17) is 5.11 Å². The first-order valence-corrected chi connectivity index (χ1v) is 3.80. The van der Waals surface area contributed by atoms with Crippen molar-refractivity contribution >= 4 is 5.78 Å². The lowest BCUT2D eigenvalue weighted by molar-refractivity contribution is 0.0888. The third kappa shape index (κ3) is 1.92. The molecule has 1 aromatic rings. The second kappa shape index (κ2) is 3.49. The van der Waals surface area contributed by atoms with Crippen molar-refractivity contribution in [3.8, 4) is 0 Å². The lowest BCUT2D eigenvalue weighted by Gasteiger charge is -2.02. The molecule has 0 aromatic carbocycles. The van der Waals surface area contributed by atoms with Crippen molar-refractivity contribution in [1.82, 2.24) is 9.55 Å². The van der Waals surface area contributed by atoms with Gasteiger partial charge in [0, 0.05) is 25.9 Å². The number of rotatable bonds is 3. The summed E-state index contributed by atoms with van der Waals surface area (Å²) in [5.41, 5.74) is 0. The second-order valence-electron chi connectivity index (χ2n) is 2.84. The minimum Gasteiger partial charge on any atom is -0.393 e. The molecule has 0 radical (unpaired) electrons. The maximum Gasteiger partial charge on any atom is 0.200 e. The van der Waals surface area contributed by atoms with Gasteiger partial charge in [-0.3, -0.25) is 4.79 Å². The first-order chi connectivity index (χ1) is 5.61. The van der Waals surface area contributed by atoms with Gasteiger partial charge in [0.2, 0.25) is 5.78 Å². The molecule has 1 heterocycles. The van der Waals surface area contributed by atoms with Crippen LogP contribution in [0, 0.1) is 0 Å². The number of hydrogen-bond acceptors (Lipinski definition) is 3.